The Balaban J connectivity index is 1.77. The largest absolute Gasteiger partial charge is 0.507 e. The molecule has 1 aromatic heterocycles. The van der Waals surface area contributed by atoms with Crippen molar-refractivity contribution >= 4 is 23.5 Å². The van der Waals surface area contributed by atoms with E-state index >= 15 is 0 Å². The fourth-order valence-corrected chi connectivity index (χ4v) is 6.13. The molecule has 0 spiro atoms. The molecule has 1 aromatic carbocycles. The summed E-state index contributed by atoms with van der Waals surface area (Å²) in [5.74, 6) is 1.38. The minimum Gasteiger partial charge on any atom is -0.507 e. The van der Waals surface area contributed by atoms with Crippen molar-refractivity contribution in [2.45, 2.75) is 130 Å². The summed E-state index contributed by atoms with van der Waals surface area (Å²) >= 11 is 6.32. The van der Waals surface area contributed by atoms with Crippen molar-refractivity contribution in [2.24, 2.45) is 5.41 Å². The van der Waals surface area contributed by atoms with Crippen molar-refractivity contribution in [3.8, 4) is 5.75 Å². The highest BCUT2D eigenvalue weighted by Gasteiger charge is 2.38. The second-order valence-electron chi connectivity index (χ2n) is 15.6. The van der Waals surface area contributed by atoms with E-state index in [0.717, 1.165) is 30.4 Å². The molecule has 1 aliphatic rings. The lowest BCUT2D eigenvalue weighted by molar-refractivity contribution is 0.170. The summed E-state index contributed by atoms with van der Waals surface area (Å²) in [7, 11) is 0. The van der Waals surface area contributed by atoms with E-state index in [4.69, 9.17) is 11.6 Å². The van der Waals surface area contributed by atoms with Gasteiger partial charge in [0.1, 0.15) is 5.75 Å². The fourth-order valence-electron chi connectivity index (χ4n) is 5.97. The smallest absolute Gasteiger partial charge is 0.229 e. The molecular weight excluding hydrogens is 508 g/mol. The summed E-state index contributed by atoms with van der Waals surface area (Å²) in [4.78, 5) is 13.4. The van der Waals surface area contributed by atoms with Gasteiger partial charge in [-0.3, -0.25) is 0 Å². The van der Waals surface area contributed by atoms with E-state index in [9.17, 15) is 5.11 Å². The van der Waals surface area contributed by atoms with Crippen molar-refractivity contribution in [2.75, 3.05) is 17.2 Å². The number of benzene rings is 1. The maximum absolute atomic E-state index is 11.1. The molecular formula is C31H51ClN6O. The lowest BCUT2D eigenvalue weighted by Gasteiger charge is -2.46. The van der Waals surface area contributed by atoms with Crippen LogP contribution in [0.15, 0.2) is 12.1 Å². The lowest BCUT2D eigenvalue weighted by atomic mass is 9.76. The van der Waals surface area contributed by atoms with Gasteiger partial charge in [-0.15, -0.1) is 0 Å². The Labute approximate surface area is 241 Å². The molecule has 1 saturated heterocycles. The molecule has 39 heavy (non-hydrogen) atoms. The SMILES string of the molecule is CC(C)(CNc1nc(Cl)nc(NC2CC(C)(C)NC(C)(C)C2)n1)Cc1cc(C(C)(C)C)c(O)c(C(C)(C)C)c1. The molecule has 8 heteroatoms. The van der Waals surface area contributed by atoms with E-state index < -0.39 is 0 Å². The Morgan fingerprint density at radius 3 is 1.85 bits per heavy atom. The van der Waals surface area contributed by atoms with Crippen molar-refractivity contribution in [1.29, 1.82) is 0 Å². The summed E-state index contributed by atoms with van der Waals surface area (Å²) < 4.78 is 0. The summed E-state index contributed by atoms with van der Waals surface area (Å²) in [6.07, 6.45) is 2.74. The average molecular weight is 559 g/mol. The number of aromatic nitrogens is 3. The van der Waals surface area contributed by atoms with Crippen LogP contribution in [-0.2, 0) is 17.3 Å². The number of hydrogen-bond acceptors (Lipinski definition) is 7. The van der Waals surface area contributed by atoms with Gasteiger partial charge >= 0.3 is 0 Å². The zero-order valence-corrected chi connectivity index (χ0v) is 27.0. The first-order valence-corrected chi connectivity index (χ1v) is 14.5. The van der Waals surface area contributed by atoms with Crippen LogP contribution in [0.4, 0.5) is 11.9 Å². The number of piperidine rings is 1. The molecule has 2 aromatic rings. The van der Waals surface area contributed by atoms with Gasteiger partial charge in [0, 0.05) is 23.7 Å². The molecule has 0 saturated carbocycles. The van der Waals surface area contributed by atoms with Gasteiger partial charge < -0.3 is 21.1 Å². The molecule has 0 bridgehead atoms. The number of rotatable bonds is 7. The van der Waals surface area contributed by atoms with Crippen LogP contribution < -0.4 is 16.0 Å². The highest BCUT2D eigenvalue weighted by molar-refractivity contribution is 6.28. The summed E-state index contributed by atoms with van der Waals surface area (Å²) in [6.45, 7) is 26.9. The van der Waals surface area contributed by atoms with Gasteiger partial charge in [0.05, 0.1) is 0 Å². The number of anilines is 2. The van der Waals surface area contributed by atoms with E-state index in [1.54, 1.807) is 0 Å². The van der Waals surface area contributed by atoms with Crippen molar-refractivity contribution in [3.05, 3.63) is 34.1 Å². The topological polar surface area (TPSA) is 95.0 Å². The number of halogens is 1. The molecule has 0 atom stereocenters. The summed E-state index contributed by atoms with van der Waals surface area (Å²) in [5, 5.41) is 21.9. The molecule has 1 aliphatic heterocycles. The normalized spacial score (nSPS) is 18.2. The third-order valence-corrected chi connectivity index (χ3v) is 7.49. The quantitative estimate of drug-likeness (QED) is 0.285. The highest BCUT2D eigenvalue weighted by Crippen LogP contribution is 2.41. The number of nitrogens with zero attached hydrogens (tertiary/aromatic N) is 3. The zero-order valence-electron chi connectivity index (χ0n) is 26.2. The minimum atomic E-state index is -0.160. The van der Waals surface area contributed by atoms with E-state index in [1.165, 1.54) is 5.56 Å². The van der Waals surface area contributed by atoms with Gasteiger partial charge in [-0.25, -0.2) is 0 Å². The van der Waals surface area contributed by atoms with Gasteiger partial charge in [-0.2, -0.15) is 15.0 Å². The molecule has 0 aliphatic carbocycles. The Morgan fingerprint density at radius 2 is 1.36 bits per heavy atom. The maximum atomic E-state index is 11.1. The molecule has 1 fully saturated rings. The lowest BCUT2D eigenvalue weighted by Crippen LogP contribution is -2.60. The van der Waals surface area contributed by atoms with Crippen LogP contribution in [0, 0.1) is 5.41 Å². The molecule has 7 nitrogen and oxygen atoms in total. The Morgan fingerprint density at radius 1 is 0.872 bits per heavy atom. The van der Waals surface area contributed by atoms with E-state index in [-0.39, 0.29) is 38.6 Å². The summed E-state index contributed by atoms with van der Waals surface area (Å²) in [6, 6.07) is 4.55. The first-order valence-electron chi connectivity index (χ1n) is 14.1. The van der Waals surface area contributed by atoms with E-state index in [2.05, 4.69) is 126 Å². The van der Waals surface area contributed by atoms with Crippen LogP contribution in [0.2, 0.25) is 5.28 Å². The molecule has 4 N–H and O–H groups in total. The van der Waals surface area contributed by atoms with Crippen LogP contribution in [0.5, 0.6) is 5.75 Å². The highest BCUT2D eigenvalue weighted by atomic mass is 35.5. The molecule has 2 heterocycles. The van der Waals surface area contributed by atoms with E-state index in [1.807, 2.05) is 0 Å². The van der Waals surface area contributed by atoms with Crippen molar-refractivity contribution < 1.29 is 5.11 Å². The predicted molar refractivity (Wildman–Crippen MR) is 164 cm³/mol. The molecule has 218 valence electrons. The average Bonchev–Trinajstić information content (AvgIpc) is 2.69. The fraction of sp³-hybridized carbons (Fsp3) is 0.710. The number of nitrogens with one attached hydrogen (secondary N) is 3. The monoisotopic (exact) mass is 558 g/mol. The summed E-state index contributed by atoms with van der Waals surface area (Å²) in [5.41, 5.74) is 2.76. The third kappa shape index (κ3) is 8.68. The van der Waals surface area contributed by atoms with Crippen molar-refractivity contribution in [3.63, 3.8) is 0 Å². The van der Waals surface area contributed by atoms with Crippen LogP contribution >= 0.6 is 11.6 Å². The number of hydrogen-bond donors (Lipinski definition) is 4. The predicted octanol–water partition coefficient (Wildman–Crippen LogP) is 7.23. The molecule has 0 amide bonds. The first-order chi connectivity index (χ1) is 17.6. The standard InChI is InChI=1S/C31H51ClN6O/c1-27(2,3)21-13-19(14-22(23(21)39)28(4,5)6)15-29(7,8)18-33-25-35-24(32)36-26(37-25)34-20-16-30(9,10)38-31(11,12)17-20/h13-14,20,38-39H,15-18H2,1-12H3,(H2,33,34,35,36,37). The van der Waals surface area contributed by atoms with Crippen molar-refractivity contribution in [1.82, 2.24) is 20.3 Å². The van der Waals surface area contributed by atoms with Crippen LogP contribution in [0.1, 0.15) is 113 Å². The van der Waals surface area contributed by atoms with Gasteiger partial charge in [0.15, 0.2) is 0 Å². The first kappa shape index (κ1) is 31.4. The molecule has 3 rings (SSSR count). The second-order valence-corrected chi connectivity index (χ2v) is 16.0. The van der Waals surface area contributed by atoms with Gasteiger partial charge in [0.2, 0.25) is 17.2 Å². The Kier molecular flexibility index (Phi) is 8.61. The van der Waals surface area contributed by atoms with Crippen LogP contribution in [-0.4, -0.2) is 43.7 Å². The zero-order chi connectivity index (χ0) is 29.6. The van der Waals surface area contributed by atoms with Gasteiger partial charge in [0.25, 0.3) is 0 Å². The molecule has 0 unspecified atom stereocenters. The van der Waals surface area contributed by atoms with Gasteiger partial charge in [-0.1, -0.05) is 67.5 Å². The number of phenols is 1. The maximum Gasteiger partial charge on any atom is 0.229 e. The Hall–Kier alpha value is -2.12. The Bertz CT molecular complexity index is 1130. The number of aromatic hydroxyl groups is 1. The molecule has 0 radical (unpaired) electrons. The van der Waals surface area contributed by atoms with Crippen LogP contribution in [0.25, 0.3) is 0 Å². The number of phenolic OH excluding ortho intramolecular Hbond substituents is 1. The van der Waals surface area contributed by atoms with Gasteiger partial charge in [-0.05, 0) is 91.5 Å². The second kappa shape index (κ2) is 10.7. The van der Waals surface area contributed by atoms with Crippen LogP contribution in [0.3, 0.4) is 0 Å². The minimum absolute atomic E-state index is 0.00921. The van der Waals surface area contributed by atoms with E-state index in [0.29, 0.717) is 24.2 Å². The third-order valence-electron chi connectivity index (χ3n) is 7.33.